The van der Waals surface area contributed by atoms with Crippen LogP contribution in [0, 0.1) is 0 Å². The molecule has 1 saturated carbocycles. The summed E-state index contributed by atoms with van der Waals surface area (Å²) in [5.41, 5.74) is 2.30. The van der Waals surface area contributed by atoms with E-state index < -0.39 is 0 Å². The van der Waals surface area contributed by atoms with Crippen molar-refractivity contribution >= 4 is 22.2 Å². The van der Waals surface area contributed by atoms with E-state index >= 15 is 0 Å². The lowest BCUT2D eigenvalue weighted by atomic mass is 10.0. The van der Waals surface area contributed by atoms with Gasteiger partial charge in [0.1, 0.15) is 5.01 Å². The van der Waals surface area contributed by atoms with Gasteiger partial charge in [-0.25, -0.2) is 4.98 Å². The Hall–Kier alpha value is -1.78. The van der Waals surface area contributed by atoms with Crippen LogP contribution >= 0.6 is 11.3 Å². The molecule has 1 aromatic carbocycles. The summed E-state index contributed by atoms with van der Waals surface area (Å²) < 4.78 is 0. The van der Waals surface area contributed by atoms with Gasteiger partial charge in [-0.3, -0.25) is 4.98 Å². The minimum absolute atomic E-state index is 0.154. The highest BCUT2D eigenvalue weighted by atomic mass is 32.1. The molecule has 1 atom stereocenters. The molecule has 1 aliphatic rings. The molecule has 1 N–H and O–H groups in total. The molecule has 0 saturated heterocycles. The molecule has 4 heteroatoms. The molecule has 4 rings (SSSR count). The number of nitrogens with zero attached hydrogens (tertiary/aromatic N) is 2. The maximum Gasteiger partial charge on any atom is 0.114 e. The molecule has 0 bridgehead atoms. The second-order valence-corrected chi connectivity index (χ2v) is 6.09. The van der Waals surface area contributed by atoms with Gasteiger partial charge in [-0.05, 0) is 18.9 Å². The zero-order valence-corrected chi connectivity index (χ0v) is 11.8. The molecular weight excluding hydrogens is 266 g/mol. The fourth-order valence-electron chi connectivity index (χ4n) is 2.52. The fraction of sp³-hybridized carbons (Fsp3) is 0.250. The number of hydrogen-bond acceptors (Lipinski definition) is 4. The first-order valence-electron chi connectivity index (χ1n) is 6.91. The van der Waals surface area contributed by atoms with Crippen LogP contribution in [0.3, 0.4) is 0 Å². The minimum atomic E-state index is 0.154. The maximum absolute atomic E-state index is 4.58. The summed E-state index contributed by atoms with van der Waals surface area (Å²) in [4.78, 5) is 9.09. The fourth-order valence-corrected chi connectivity index (χ4v) is 3.23. The van der Waals surface area contributed by atoms with Crippen molar-refractivity contribution in [2.45, 2.75) is 24.9 Å². The highest BCUT2D eigenvalue weighted by Gasteiger charge is 2.28. The van der Waals surface area contributed by atoms with E-state index in [0.29, 0.717) is 6.04 Å². The summed E-state index contributed by atoms with van der Waals surface area (Å²) in [6.07, 6.45) is 6.27. The topological polar surface area (TPSA) is 37.8 Å². The lowest BCUT2D eigenvalue weighted by Gasteiger charge is -2.18. The van der Waals surface area contributed by atoms with E-state index in [2.05, 4.69) is 39.6 Å². The summed E-state index contributed by atoms with van der Waals surface area (Å²) in [5.74, 6) is 0. The van der Waals surface area contributed by atoms with Crippen LogP contribution in [0.4, 0.5) is 0 Å². The van der Waals surface area contributed by atoms with E-state index in [1.165, 1.54) is 23.8 Å². The molecule has 0 radical (unpaired) electrons. The van der Waals surface area contributed by atoms with Crippen LogP contribution in [0.25, 0.3) is 10.9 Å². The predicted octanol–water partition coefficient (Wildman–Crippen LogP) is 3.53. The molecule has 2 heterocycles. The third-order valence-electron chi connectivity index (χ3n) is 3.65. The van der Waals surface area contributed by atoms with Crippen LogP contribution in [0.5, 0.6) is 0 Å². The van der Waals surface area contributed by atoms with E-state index in [1.807, 2.05) is 23.8 Å². The smallest absolute Gasteiger partial charge is 0.114 e. The summed E-state index contributed by atoms with van der Waals surface area (Å²) in [7, 11) is 0. The van der Waals surface area contributed by atoms with Crippen molar-refractivity contribution in [1.82, 2.24) is 15.3 Å². The number of fused-ring (bicyclic) bond motifs is 1. The summed E-state index contributed by atoms with van der Waals surface area (Å²) in [6.45, 7) is 0. The SMILES string of the molecule is c1cnc2c(C(NC3CC3)c3nccs3)cccc2c1. The molecule has 1 fully saturated rings. The Morgan fingerprint density at radius 1 is 1.10 bits per heavy atom. The standard InChI is InChI=1S/C16H15N3S/c1-3-11-4-2-8-17-14(11)13(5-1)15(19-12-6-7-12)16-18-9-10-20-16/h1-5,8-10,12,15,19H,6-7H2. The van der Waals surface area contributed by atoms with Crippen LogP contribution < -0.4 is 5.32 Å². The monoisotopic (exact) mass is 281 g/mol. The molecule has 0 aliphatic heterocycles. The van der Waals surface area contributed by atoms with Gasteiger partial charge in [0, 0.05) is 34.8 Å². The average molecular weight is 281 g/mol. The minimum Gasteiger partial charge on any atom is -0.301 e. The van der Waals surface area contributed by atoms with Crippen LogP contribution in [-0.4, -0.2) is 16.0 Å². The third-order valence-corrected chi connectivity index (χ3v) is 4.49. The van der Waals surface area contributed by atoms with Crippen molar-refractivity contribution in [3.8, 4) is 0 Å². The Labute approximate surface area is 121 Å². The van der Waals surface area contributed by atoms with Crippen molar-refractivity contribution in [2.75, 3.05) is 0 Å². The molecule has 3 aromatic rings. The second-order valence-electron chi connectivity index (χ2n) is 5.17. The number of pyridine rings is 1. The lowest BCUT2D eigenvalue weighted by Crippen LogP contribution is -2.24. The quantitative estimate of drug-likeness (QED) is 0.795. The summed E-state index contributed by atoms with van der Waals surface area (Å²) in [5, 5.41) is 8.05. The molecule has 3 nitrogen and oxygen atoms in total. The largest absolute Gasteiger partial charge is 0.301 e. The molecule has 100 valence electrons. The number of nitrogens with one attached hydrogen (secondary N) is 1. The Morgan fingerprint density at radius 3 is 2.80 bits per heavy atom. The molecule has 2 aromatic heterocycles. The Balaban J connectivity index is 1.84. The van der Waals surface area contributed by atoms with Gasteiger partial charge < -0.3 is 5.32 Å². The Morgan fingerprint density at radius 2 is 2.00 bits per heavy atom. The van der Waals surface area contributed by atoms with Crippen LogP contribution in [-0.2, 0) is 0 Å². The van der Waals surface area contributed by atoms with Gasteiger partial charge in [0.15, 0.2) is 0 Å². The van der Waals surface area contributed by atoms with Crippen molar-refractivity contribution < 1.29 is 0 Å². The number of aromatic nitrogens is 2. The van der Waals surface area contributed by atoms with Crippen molar-refractivity contribution in [3.05, 3.63) is 58.7 Å². The first kappa shape index (κ1) is 12.0. The number of rotatable bonds is 4. The first-order chi connectivity index (χ1) is 9.92. The number of thiazole rings is 1. The van der Waals surface area contributed by atoms with Gasteiger partial charge in [0.25, 0.3) is 0 Å². The van der Waals surface area contributed by atoms with E-state index in [-0.39, 0.29) is 6.04 Å². The van der Waals surface area contributed by atoms with Gasteiger partial charge in [0.2, 0.25) is 0 Å². The zero-order chi connectivity index (χ0) is 13.4. The number of benzene rings is 1. The van der Waals surface area contributed by atoms with Gasteiger partial charge in [0.05, 0.1) is 11.6 Å². The molecule has 0 spiro atoms. The van der Waals surface area contributed by atoms with Crippen molar-refractivity contribution in [1.29, 1.82) is 0 Å². The van der Waals surface area contributed by atoms with Crippen molar-refractivity contribution in [2.24, 2.45) is 0 Å². The second kappa shape index (κ2) is 4.96. The van der Waals surface area contributed by atoms with E-state index in [1.54, 1.807) is 11.3 Å². The maximum atomic E-state index is 4.58. The third kappa shape index (κ3) is 2.21. The first-order valence-corrected chi connectivity index (χ1v) is 7.79. The molecule has 1 unspecified atom stereocenters. The Kier molecular flexibility index (Phi) is 2.98. The summed E-state index contributed by atoms with van der Waals surface area (Å²) >= 11 is 1.70. The normalized spacial score (nSPS) is 16.4. The highest BCUT2D eigenvalue weighted by molar-refractivity contribution is 7.09. The zero-order valence-electron chi connectivity index (χ0n) is 11.0. The summed E-state index contributed by atoms with van der Waals surface area (Å²) in [6, 6.07) is 11.3. The van der Waals surface area contributed by atoms with E-state index in [0.717, 1.165) is 10.5 Å². The predicted molar refractivity (Wildman–Crippen MR) is 81.9 cm³/mol. The number of hydrogen-bond donors (Lipinski definition) is 1. The molecule has 1 aliphatic carbocycles. The molecule has 0 amide bonds. The van der Waals surface area contributed by atoms with E-state index in [9.17, 15) is 0 Å². The van der Waals surface area contributed by atoms with Crippen molar-refractivity contribution in [3.63, 3.8) is 0 Å². The van der Waals surface area contributed by atoms with Crippen LogP contribution in [0.15, 0.2) is 48.1 Å². The van der Waals surface area contributed by atoms with Crippen LogP contribution in [0.2, 0.25) is 0 Å². The van der Waals surface area contributed by atoms with Gasteiger partial charge in [-0.15, -0.1) is 11.3 Å². The average Bonchev–Trinajstić information content (AvgIpc) is 3.16. The lowest BCUT2D eigenvalue weighted by molar-refractivity contribution is 0.600. The highest BCUT2D eigenvalue weighted by Crippen LogP contribution is 2.32. The number of para-hydroxylation sites is 1. The van der Waals surface area contributed by atoms with Gasteiger partial charge >= 0.3 is 0 Å². The van der Waals surface area contributed by atoms with Gasteiger partial charge in [-0.2, -0.15) is 0 Å². The van der Waals surface area contributed by atoms with E-state index in [4.69, 9.17) is 0 Å². The van der Waals surface area contributed by atoms with Gasteiger partial charge in [-0.1, -0.05) is 24.3 Å². The van der Waals surface area contributed by atoms with Crippen LogP contribution in [0.1, 0.15) is 29.5 Å². The molecular formula is C16H15N3S. The Bertz CT molecular complexity index is 714. The molecule has 20 heavy (non-hydrogen) atoms.